The van der Waals surface area contributed by atoms with Gasteiger partial charge in [-0.1, -0.05) is 5.16 Å². The van der Waals surface area contributed by atoms with Crippen molar-refractivity contribution in [1.29, 1.82) is 0 Å². The molecule has 152 valence electrons. The van der Waals surface area contributed by atoms with Crippen LogP contribution >= 0.6 is 0 Å². The molecule has 0 saturated heterocycles. The number of esters is 5. The van der Waals surface area contributed by atoms with Gasteiger partial charge in [-0.15, -0.1) is 0 Å². The second-order valence-electron chi connectivity index (χ2n) is 5.03. The maximum atomic E-state index is 12.0. The van der Waals surface area contributed by atoms with E-state index in [0.717, 1.165) is 34.8 Å². The summed E-state index contributed by atoms with van der Waals surface area (Å²) in [6.07, 6.45) is -5.39. The minimum atomic E-state index is -1.87. The molecule has 0 radical (unpaired) electrons. The van der Waals surface area contributed by atoms with Gasteiger partial charge in [0.2, 0.25) is 6.10 Å². The molecule has 0 aromatic heterocycles. The Hall–Kier alpha value is -3.18. The highest BCUT2D eigenvalue weighted by molar-refractivity contribution is 5.94. The van der Waals surface area contributed by atoms with Crippen molar-refractivity contribution in [3.05, 3.63) is 0 Å². The molecule has 0 fully saturated rings. The minimum Gasteiger partial charge on any atom is -0.466 e. The molecule has 0 aliphatic heterocycles. The number of oxime groups is 1. The van der Waals surface area contributed by atoms with Gasteiger partial charge in [-0.3, -0.25) is 19.2 Å². The van der Waals surface area contributed by atoms with Crippen LogP contribution in [0.25, 0.3) is 0 Å². The van der Waals surface area contributed by atoms with Crippen molar-refractivity contribution >= 4 is 35.6 Å². The van der Waals surface area contributed by atoms with Crippen LogP contribution in [0.3, 0.4) is 0 Å². The van der Waals surface area contributed by atoms with Crippen LogP contribution in [0.1, 0.15) is 27.7 Å². The van der Waals surface area contributed by atoms with Crippen molar-refractivity contribution < 1.29 is 52.9 Å². The van der Waals surface area contributed by atoms with E-state index < -0.39 is 60.5 Å². The van der Waals surface area contributed by atoms with Crippen LogP contribution in [0.15, 0.2) is 5.16 Å². The van der Waals surface area contributed by atoms with Gasteiger partial charge in [0.15, 0.2) is 12.2 Å². The third kappa shape index (κ3) is 8.65. The summed E-state index contributed by atoms with van der Waals surface area (Å²) >= 11 is 0. The second-order valence-corrected chi connectivity index (χ2v) is 5.03. The molecule has 12 heteroatoms. The summed E-state index contributed by atoms with van der Waals surface area (Å²) in [5.41, 5.74) is -0.493. The van der Waals surface area contributed by atoms with Crippen molar-refractivity contribution in [1.82, 2.24) is 0 Å². The van der Waals surface area contributed by atoms with Gasteiger partial charge in [0, 0.05) is 27.7 Å². The first kappa shape index (κ1) is 23.8. The Morgan fingerprint density at radius 1 is 0.815 bits per heavy atom. The number of nitrogens with zero attached hydrogens (tertiary/aromatic N) is 1. The van der Waals surface area contributed by atoms with Gasteiger partial charge in [0.25, 0.3) is 0 Å². The largest absolute Gasteiger partial charge is 0.466 e. The molecule has 0 aromatic carbocycles. The van der Waals surface area contributed by atoms with Crippen molar-refractivity contribution in [3.8, 4) is 0 Å². The van der Waals surface area contributed by atoms with E-state index in [9.17, 15) is 29.2 Å². The molecular formula is C15H21NO11. The van der Waals surface area contributed by atoms with Crippen LogP contribution in [0.2, 0.25) is 0 Å². The Bertz CT molecular complexity index is 613. The van der Waals surface area contributed by atoms with Crippen molar-refractivity contribution in [2.45, 2.75) is 46.0 Å². The van der Waals surface area contributed by atoms with Crippen LogP contribution < -0.4 is 0 Å². The lowest BCUT2D eigenvalue weighted by Gasteiger charge is -2.30. The molecule has 1 N–H and O–H groups in total. The molecule has 0 aromatic rings. The summed E-state index contributed by atoms with van der Waals surface area (Å²) < 4.78 is 23.9. The van der Waals surface area contributed by atoms with Gasteiger partial charge in [-0.2, -0.15) is 0 Å². The summed E-state index contributed by atoms with van der Waals surface area (Å²) in [5, 5.41) is 12.1. The Kier molecular flexibility index (Phi) is 10.1. The molecule has 0 aliphatic carbocycles. The first-order valence-corrected chi connectivity index (χ1v) is 7.47. The summed E-state index contributed by atoms with van der Waals surface area (Å²) in [7, 11) is 0.977. The Labute approximate surface area is 154 Å². The molecule has 0 spiro atoms. The SMILES string of the molecule is COC(=O)[C@H](OC(C)=O)[C@@H](OC(C)=O)[C@@H](OC(C)=O)/C(COC(C)=O)=N/O. The molecule has 0 saturated carbocycles. The summed E-state index contributed by atoms with van der Waals surface area (Å²) in [6, 6.07) is 0. The van der Waals surface area contributed by atoms with Gasteiger partial charge in [-0.25, -0.2) is 4.79 Å². The van der Waals surface area contributed by atoms with Gasteiger partial charge in [-0.05, 0) is 0 Å². The number of rotatable bonds is 9. The topological polar surface area (TPSA) is 164 Å². The number of carbonyl (C=O) groups is 5. The lowest BCUT2D eigenvalue weighted by molar-refractivity contribution is -0.188. The van der Waals surface area contributed by atoms with E-state index in [1.54, 1.807) is 0 Å². The summed E-state index contributed by atoms with van der Waals surface area (Å²) in [6.45, 7) is 3.33. The fraction of sp³-hybridized carbons (Fsp3) is 0.600. The molecular weight excluding hydrogens is 370 g/mol. The van der Waals surface area contributed by atoms with E-state index in [1.807, 2.05) is 0 Å². The molecule has 0 unspecified atom stereocenters. The zero-order valence-electron chi connectivity index (χ0n) is 15.4. The van der Waals surface area contributed by atoms with E-state index in [-0.39, 0.29) is 0 Å². The third-order valence-electron chi connectivity index (χ3n) is 2.80. The average Bonchev–Trinajstić information content (AvgIpc) is 2.55. The molecule has 0 aliphatic rings. The van der Waals surface area contributed by atoms with E-state index in [1.165, 1.54) is 0 Å². The number of hydrogen-bond donors (Lipinski definition) is 1. The van der Waals surface area contributed by atoms with Gasteiger partial charge in [0.1, 0.15) is 12.3 Å². The highest BCUT2D eigenvalue weighted by Crippen LogP contribution is 2.17. The fourth-order valence-corrected chi connectivity index (χ4v) is 1.87. The third-order valence-corrected chi connectivity index (χ3v) is 2.80. The van der Waals surface area contributed by atoms with Crippen molar-refractivity contribution in [2.24, 2.45) is 5.16 Å². The van der Waals surface area contributed by atoms with Crippen molar-refractivity contribution in [2.75, 3.05) is 13.7 Å². The Morgan fingerprint density at radius 2 is 1.30 bits per heavy atom. The van der Waals surface area contributed by atoms with Crippen LogP contribution in [0, 0.1) is 0 Å². The summed E-state index contributed by atoms with van der Waals surface area (Å²) in [5.74, 6) is -4.70. The number of ether oxygens (including phenoxy) is 5. The predicted molar refractivity (Wildman–Crippen MR) is 84.5 cm³/mol. The van der Waals surface area contributed by atoms with E-state index in [2.05, 4.69) is 14.6 Å². The van der Waals surface area contributed by atoms with E-state index in [0.29, 0.717) is 0 Å². The Morgan fingerprint density at radius 3 is 1.67 bits per heavy atom. The molecule has 0 amide bonds. The average molecular weight is 391 g/mol. The highest BCUT2D eigenvalue weighted by atomic mass is 16.6. The molecule has 27 heavy (non-hydrogen) atoms. The van der Waals surface area contributed by atoms with Gasteiger partial charge >= 0.3 is 29.8 Å². The van der Waals surface area contributed by atoms with Crippen LogP contribution in [0.4, 0.5) is 0 Å². The number of carbonyl (C=O) groups excluding carboxylic acids is 5. The minimum absolute atomic E-state index is 0.493. The van der Waals surface area contributed by atoms with Gasteiger partial charge < -0.3 is 28.9 Å². The smallest absolute Gasteiger partial charge is 0.351 e. The maximum Gasteiger partial charge on any atom is 0.351 e. The lowest BCUT2D eigenvalue weighted by atomic mass is 10.0. The lowest BCUT2D eigenvalue weighted by Crippen LogP contribution is -2.53. The predicted octanol–water partition coefficient (Wildman–Crippen LogP) is -0.652. The molecule has 12 nitrogen and oxygen atoms in total. The first-order valence-electron chi connectivity index (χ1n) is 7.47. The Balaban J connectivity index is 6.12. The molecule has 3 atom stereocenters. The first-order chi connectivity index (χ1) is 12.5. The molecule has 0 bridgehead atoms. The normalized spacial score (nSPS) is 14.2. The van der Waals surface area contributed by atoms with E-state index >= 15 is 0 Å². The van der Waals surface area contributed by atoms with Gasteiger partial charge in [0.05, 0.1) is 7.11 Å². The zero-order valence-corrected chi connectivity index (χ0v) is 15.4. The highest BCUT2D eigenvalue weighted by Gasteiger charge is 2.45. The number of hydrogen-bond acceptors (Lipinski definition) is 12. The summed E-state index contributed by atoms with van der Waals surface area (Å²) in [4.78, 5) is 57.3. The quantitative estimate of drug-likeness (QED) is 0.174. The van der Waals surface area contributed by atoms with Crippen LogP contribution in [-0.2, 0) is 47.7 Å². The standard InChI is InChI=1S/C15H21NO11/c1-7(17)24-6-11(16-22)12(25-8(2)18)13(26-9(3)19)14(15(21)23-5)27-10(4)20/h12-14,22H,6H2,1-5H3/b16-11+/t12-,13-,14+/m0/s1. The second kappa shape index (κ2) is 11.4. The monoisotopic (exact) mass is 391 g/mol. The van der Waals surface area contributed by atoms with Crippen molar-refractivity contribution in [3.63, 3.8) is 0 Å². The zero-order chi connectivity index (χ0) is 21.1. The molecule has 0 heterocycles. The maximum absolute atomic E-state index is 12.0. The fourth-order valence-electron chi connectivity index (χ4n) is 1.87. The van der Waals surface area contributed by atoms with Crippen LogP contribution in [-0.4, -0.2) is 72.8 Å². The molecule has 0 rings (SSSR count). The number of methoxy groups -OCH3 is 1. The van der Waals surface area contributed by atoms with E-state index in [4.69, 9.17) is 14.2 Å². The van der Waals surface area contributed by atoms with Crippen LogP contribution in [0.5, 0.6) is 0 Å².